The number of nitrogens with one attached hydrogen (secondary N) is 2. The van der Waals surface area contributed by atoms with Crippen molar-refractivity contribution in [3.63, 3.8) is 0 Å². The molecule has 26 heteroatoms. The lowest BCUT2D eigenvalue weighted by Crippen LogP contribution is -2.06. The van der Waals surface area contributed by atoms with E-state index in [2.05, 4.69) is 30.4 Å². The van der Waals surface area contributed by atoms with Gasteiger partial charge in [-0.15, -0.1) is 10.2 Å². The Morgan fingerprint density at radius 3 is 1.16 bits per heavy atom. The first kappa shape index (κ1) is 41.1. The van der Waals surface area contributed by atoms with E-state index in [4.69, 9.17) is 0 Å². The standard InChI is InChI=1S/C32H22N6O16S4/c39-29-21-13-19(55(43,44)45)7-9-23(21)33-31(41)27(29)37-35-17-5-3-15(25(11-17)57(49,50)51)1-2-16-4-6-18(12-26(16)58(52,53)54)36-38-28-30(40)22-14-20(56(46,47)48)8-10-24(22)34-32(28)42/h1-14H,(H2,33,39,41)(H2,34,40,42)(H,43,44,45)(H,46,47,48)(H,49,50,51)(H,52,53,54)/b2-1-,37-35?,38-36?. The van der Waals surface area contributed by atoms with Gasteiger partial charge in [0.05, 0.1) is 32.2 Å². The normalized spacial score (nSPS) is 13.1. The van der Waals surface area contributed by atoms with Crippen molar-refractivity contribution in [1.29, 1.82) is 0 Å². The minimum Gasteiger partial charge on any atom is -0.505 e. The molecule has 300 valence electrons. The van der Waals surface area contributed by atoms with Gasteiger partial charge in [-0.25, -0.2) is 0 Å². The molecular formula is C32H22N6O16S4. The predicted molar refractivity (Wildman–Crippen MR) is 202 cm³/mol. The maximum atomic E-state index is 12.6. The molecule has 0 amide bonds. The van der Waals surface area contributed by atoms with Crippen molar-refractivity contribution in [2.45, 2.75) is 19.6 Å². The number of fused-ring (bicyclic) bond motifs is 2. The first-order valence-corrected chi connectivity index (χ1v) is 21.2. The Kier molecular flexibility index (Phi) is 10.5. The molecule has 0 radical (unpaired) electrons. The topological polar surface area (TPSA) is 373 Å². The molecule has 6 aromatic rings. The predicted octanol–water partition coefficient (Wildman–Crippen LogP) is 4.77. The quantitative estimate of drug-likeness (QED) is 0.0522. The summed E-state index contributed by atoms with van der Waals surface area (Å²) >= 11 is 0. The molecule has 8 N–H and O–H groups in total. The Balaban J connectivity index is 1.33. The van der Waals surface area contributed by atoms with Crippen molar-refractivity contribution in [1.82, 2.24) is 9.97 Å². The van der Waals surface area contributed by atoms with Crippen LogP contribution in [0.15, 0.2) is 122 Å². The van der Waals surface area contributed by atoms with E-state index in [1.54, 1.807) is 0 Å². The number of H-pyrrole nitrogens is 2. The molecule has 22 nitrogen and oxygen atoms in total. The van der Waals surface area contributed by atoms with Crippen LogP contribution in [0.5, 0.6) is 11.5 Å². The fraction of sp³-hybridized carbons (Fsp3) is 0. The summed E-state index contributed by atoms with van der Waals surface area (Å²) in [6.07, 6.45) is 2.05. The molecule has 0 aliphatic rings. The Labute approximate surface area is 324 Å². The van der Waals surface area contributed by atoms with Crippen molar-refractivity contribution < 1.29 is 62.1 Å². The molecule has 0 saturated carbocycles. The molecule has 2 heterocycles. The fourth-order valence-corrected chi connectivity index (χ4v) is 7.70. The molecule has 0 atom stereocenters. The molecule has 2 aromatic heterocycles. The third-order valence-corrected chi connectivity index (χ3v) is 11.5. The summed E-state index contributed by atoms with van der Waals surface area (Å²) in [6.45, 7) is 0. The van der Waals surface area contributed by atoms with Crippen LogP contribution in [-0.4, -0.2) is 72.1 Å². The number of aromatic nitrogens is 2. The smallest absolute Gasteiger partial charge is 0.295 e. The van der Waals surface area contributed by atoms with E-state index < -0.39 is 94.0 Å². The van der Waals surface area contributed by atoms with Gasteiger partial charge in [0.2, 0.25) is 0 Å². The van der Waals surface area contributed by atoms with Crippen LogP contribution < -0.4 is 11.1 Å². The molecule has 0 aliphatic carbocycles. The van der Waals surface area contributed by atoms with E-state index in [9.17, 15) is 71.7 Å². The SMILES string of the molecule is O=c1[nH]c2ccc(S(=O)(=O)O)cc2c(O)c1N=Nc1ccc(/C=C\c2ccc(N=Nc3c(O)c4cc(S(=O)(=O)O)ccc4[nH]c3=O)cc2S(=O)(=O)O)c(S(=O)(=O)O)c1. The molecule has 0 bridgehead atoms. The second-order valence-electron chi connectivity index (χ2n) is 11.8. The molecular weight excluding hydrogens is 853 g/mol. The third-order valence-electron chi connectivity index (χ3n) is 7.99. The van der Waals surface area contributed by atoms with Gasteiger partial charge in [0.1, 0.15) is 9.79 Å². The second kappa shape index (κ2) is 14.8. The second-order valence-corrected chi connectivity index (χ2v) is 17.4. The summed E-state index contributed by atoms with van der Waals surface area (Å²) in [6, 6.07) is 11.9. The third kappa shape index (κ3) is 8.57. The summed E-state index contributed by atoms with van der Waals surface area (Å²) in [4.78, 5) is 27.0. The number of benzene rings is 4. The summed E-state index contributed by atoms with van der Waals surface area (Å²) in [7, 11) is -19.5. The first-order chi connectivity index (χ1) is 26.9. The maximum Gasteiger partial charge on any atom is 0.295 e. The lowest BCUT2D eigenvalue weighted by molar-refractivity contribution is 0.478. The molecule has 58 heavy (non-hydrogen) atoms. The van der Waals surface area contributed by atoms with Crippen molar-refractivity contribution in [3.05, 3.63) is 105 Å². The number of hydrogen-bond donors (Lipinski definition) is 8. The van der Waals surface area contributed by atoms with Crippen LogP contribution in [0.3, 0.4) is 0 Å². The summed E-state index contributed by atoms with van der Waals surface area (Å²) in [5.74, 6) is -1.69. The Bertz CT molecular complexity index is 3190. The Morgan fingerprint density at radius 2 is 0.828 bits per heavy atom. The minimum atomic E-state index is -5.05. The summed E-state index contributed by atoms with van der Waals surface area (Å²) in [5.41, 5.74) is -4.69. The minimum absolute atomic E-state index is 0.0334. The number of hydrogen-bond acceptors (Lipinski definition) is 16. The zero-order valence-electron chi connectivity index (χ0n) is 28.3. The first-order valence-electron chi connectivity index (χ1n) is 15.4. The van der Waals surface area contributed by atoms with Crippen molar-refractivity contribution in [2.75, 3.05) is 0 Å². The van der Waals surface area contributed by atoms with Gasteiger partial charge in [-0.2, -0.15) is 43.9 Å². The molecule has 0 unspecified atom stereocenters. The van der Waals surface area contributed by atoms with Crippen LogP contribution in [-0.2, 0) is 40.5 Å². The van der Waals surface area contributed by atoms with Crippen LogP contribution >= 0.6 is 0 Å². The van der Waals surface area contributed by atoms with Gasteiger partial charge in [-0.3, -0.25) is 27.8 Å². The van der Waals surface area contributed by atoms with Crippen molar-refractivity contribution in [3.8, 4) is 11.5 Å². The number of pyridine rings is 2. The highest BCUT2D eigenvalue weighted by molar-refractivity contribution is 7.86. The van der Waals surface area contributed by atoms with E-state index in [1.807, 2.05) is 0 Å². The monoisotopic (exact) mass is 874 g/mol. The molecule has 6 rings (SSSR count). The lowest BCUT2D eigenvalue weighted by atomic mass is 10.1. The highest BCUT2D eigenvalue weighted by Crippen LogP contribution is 2.35. The van der Waals surface area contributed by atoms with Gasteiger partial charge in [0.25, 0.3) is 51.6 Å². The number of azo groups is 2. The van der Waals surface area contributed by atoms with Crippen LogP contribution in [0, 0.1) is 0 Å². The molecule has 4 aromatic carbocycles. The van der Waals surface area contributed by atoms with Crippen molar-refractivity contribution >= 4 is 97.2 Å². The van der Waals surface area contributed by atoms with E-state index >= 15 is 0 Å². The largest absolute Gasteiger partial charge is 0.505 e. The van der Waals surface area contributed by atoms with E-state index in [-0.39, 0.29) is 44.3 Å². The number of aromatic amines is 2. The summed E-state index contributed by atoms with van der Waals surface area (Å²) in [5, 5.41) is 35.5. The zero-order chi connectivity index (χ0) is 42.5. The zero-order valence-corrected chi connectivity index (χ0v) is 31.5. The number of rotatable bonds is 10. The van der Waals surface area contributed by atoms with Crippen LogP contribution in [0.25, 0.3) is 34.0 Å². The molecule has 0 spiro atoms. The van der Waals surface area contributed by atoms with Gasteiger partial charge in [0, 0.05) is 10.8 Å². The van der Waals surface area contributed by atoms with Gasteiger partial charge in [-0.05, 0) is 71.8 Å². The van der Waals surface area contributed by atoms with E-state index in [0.717, 1.165) is 84.9 Å². The summed E-state index contributed by atoms with van der Waals surface area (Å²) < 4.78 is 134. The Hall–Kier alpha value is -6.52. The highest BCUT2D eigenvalue weighted by atomic mass is 32.2. The van der Waals surface area contributed by atoms with Gasteiger partial charge < -0.3 is 20.2 Å². The van der Waals surface area contributed by atoms with E-state index in [0.29, 0.717) is 0 Å². The maximum absolute atomic E-state index is 12.6. The molecule has 0 saturated heterocycles. The van der Waals surface area contributed by atoms with Gasteiger partial charge in [-0.1, -0.05) is 24.3 Å². The number of aromatic hydroxyl groups is 2. The van der Waals surface area contributed by atoms with Gasteiger partial charge >= 0.3 is 0 Å². The molecule has 0 aliphatic heterocycles. The van der Waals surface area contributed by atoms with Crippen LogP contribution in [0.2, 0.25) is 0 Å². The fourth-order valence-electron chi connectivity index (χ4n) is 5.28. The van der Waals surface area contributed by atoms with Crippen LogP contribution in [0.4, 0.5) is 22.7 Å². The van der Waals surface area contributed by atoms with Crippen molar-refractivity contribution in [2.24, 2.45) is 20.5 Å². The average Bonchev–Trinajstić information content (AvgIpc) is 3.12. The molecule has 0 fully saturated rings. The lowest BCUT2D eigenvalue weighted by Gasteiger charge is -2.07. The van der Waals surface area contributed by atoms with Crippen LogP contribution in [0.1, 0.15) is 11.1 Å². The number of nitrogens with zero attached hydrogens (tertiary/aromatic N) is 4. The van der Waals surface area contributed by atoms with Gasteiger partial charge in [0.15, 0.2) is 22.9 Å². The highest BCUT2D eigenvalue weighted by Gasteiger charge is 2.20. The average molecular weight is 875 g/mol. The Morgan fingerprint density at radius 1 is 0.466 bits per heavy atom. The van der Waals surface area contributed by atoms with E-state index in [1.165, 1.54) is 0 Å².